The lowest BCUT2D eigenvalue weighted by Gasteiger charge is -2.24. The summed E-state index contributed by atoms with van der Waals surface area (Å²) in [6.07, 6.45) is 1.54. The van der Waals surface area contributed by atoms with E-state index in [1.54, 1.807) is 6.07 Å². The van der Waals surface area contributed by atoms with E-state index in [0.29, 0.717) is 11.8 Å². The summed E-state index contributed by atoms with van der Waals surface area (Å²) in [5, 5.41) is 13.1. The summed E-state index contributed by atoms with van der Waals surface area (Å²) in [7, 11) is 0. The molecule has 1 aromatic rings. The molecule has 1 amide bonds. The highest BCUT2D eigenvalue weighted by molar-refractivity contribution is 5.95. The van der Waals surface area contributed by atoms with Crippen LogP contribution in [-0.4, -0.2) is 46.6 Å². The molecular formula is C13H17N3O2. The quantitative estimate of drug-likeness (QED) is 0.757. The summed E-state index contributed by atoms with van der Waals surface area (Å²) >= 11 is 0. The van der Waals surface area contributed by atoms with Gasteiger partial charge in [0.25, 0.3) is 5.91 Å². The van der Waals surface area contributed by atoms with Crippen LogP contribution in [-0.2, 0) is 0 Å². The molecule has 0 saturated carbocycles. The maximum absolute atomic E-state index is 12.4. The van der Waals surface area contributed by atoms with Gasteiger partial charge in [-0.2, -0.15) is 0 Å². The Bertz CT molecular complexity index is 477. The van der Waals surface area contributed by atoms with Crippen molar-refractivity contribution in [2.75, 3.05) is 19.6 Å². The average molecular weight is 247 g/mol. The van der Waals surface area contributed by atoms with Crippen molar-refractivity contribution in [3.8, 4) is 5.75 Å². The Morgan fingerprint density at radius 3 is 3.11 bits per heavy atom. The number of aromatic nitrogens is 1. The van der Waals surface area contributed by atoms with E-state index >= 15 is 0 Å². The van der Waals surface area contributed by atoms with Gasteiger partial charge < -0.3 is 15.3 Å². The Kier molecular flexibility index (Phi) is 2.70. The van der Waals surface area contributed by atoms with Crippen LogP contribution < -0.4 is 5.32 Å². The molecule has 5 heteroatoms. The first-order valence-electron chi connectivity index (χ1n) is 6.34. The van der Waals surface area contributed by atoms with Gasteiger partial charge in [0, 0.05) is 31.9 Å². The molecule has 96 valence electrons. The highest BCUT2D eigenvalue weighted by Gasteiger charge is 2.44. The number of pyridine rings is 1. The second-order valence-corrected chi connectivity index (χ2v) is 5.15. The van der Waals surface area contributed by atoms with E-state index in [1.165, 1.54) is 12.3 Å². The Hall–Kier alpha value is -1.62. The van der Waals surface area contributed by atoms with Crippen LogP contribution in [0.15, 0.2) is 18.3 Å². The smallest absolute Gasteiger partial charge is 0.276 e. The summed E-state index contributed by atoms with van der Waals surface area (Å²) in [6.45, 7) is 4.79. The highest BCUT2D eigenvalue weighted by atomic mass is 16.3. The van der Waals surface area contributed by atoms with Crippen LogP contribution in [0.25, 0.3) is 0 Å². The fraction of sp³-hybridized carbons (Fsp3) is 0.538. The zero-order valence-corrected chi connectivity index (χ0v) is 10.3. The Morgan fingerprint density at radius 2 is 2.39 bits per heavy atom. The van der Waals surface area contributed by atoms with Gasteiger partial charge in [0.05, 0.1) is 0 Å². The van der Waals surface area contributed by atoms with Crippen molar-refractivity contribution < 1.29 is 9.90 Å². The molecule has 0 aliphatic carbocycles. The van der Waals surface area contributed by atoms with Crippen LogP contribution in [0.3, 0.4) is 0 Å². The maximum atomic E-state index is 12.4. The van der Waals surface area contributed by atoms with Crippen LogP contribution >= 0.6 is 0 Å². The number of likely N-dealkylation sites (tertiary alicyclic amines) is 1. The second-order valence-electron chi connectivity index (χ2n) is 5.15. The van der Waals surface area contributed by atoms with Crippen molar-refractivity contribution >= 4 is 5.91 Å². The number of rotatable bonds is 1. The summed E-state index contributed by atoms with van der Waals surface area (Å²) in [5.74, 6) is 0.870. The summed E-state index contributed by atoms with van der Waals surface area (Å²) in [4.78, 5) is 18.2. The first-order valence-corrected chi connectivity index (χ1v) is 6.34. The van der Waals surface area contributed by atoms with Crippen LogP contribution in [0.4, 0.5) is 0 Å². The van der Waals surface area contributed by atoms with E-state index in [1.807, 2.05) is 4.90 Å². The van der Waals surface area contributed by atoms with Crippen LogP contribution in [0.1, 0.15) is 17.4 Å². The molecule has 3 atom stereocenters. The van der Waals surface area contributed by atoms with E-state index < -0.39 is 0 Å². The zero-order valence-electron chi connectivity index (χ0n) is 10.3. The molecule has 18 heavy (non-hydrogen) atoms. The molecule has 0 bridgehead atoms. The molecule has 3 heterocycles. The van der Waals surface area contributed by atoms with E-state index in [9.17, 15) is 9.90 Å². The number of aromatic hydroxyl groups is 1. The molecule has 1 aromatic heterocycles. The number of hydrogen-bond donors (Lipinski definition) is 2. The first kappa shape index (κ1) is 11.5. The largest absolute Gasteiger partial charge is 0.505 e. The van der Waals surface area contributed by atoms with Gasteiger partial charge in [-0.05, 0) is 30.9 Å². The van der Waals surface area contributed by atoms with Crippen molar-refractivity contribution in [1.29, 1.82) is 0 Å². The van der Waals surface area contributed by atoms with Crippen molar-refractivity contribution in [3.05, 3.63) is 24.0 Å². The lowest BCUT2D eigenvalue weighted by Crippen LogP contribution is -2.38. The minimum atomic E-state index is -0.157. The normalized spacial score (nSPS) is 30.5. The fourth-order valence-corrected chi connectivity index (χ4v) is 3.13. The van der Waals surface area contributed by atoms with Crippen molar-refractivity contribution in [2.24, 2.45) is 11.8 Å². The maximum Gasteiger partial charge on any atom is 0.276 e. The summed E-state index contributed by atoms with van der Waals surface area (Å²) in [6, 6.07) is 3.33. The van der Waals surface area contributed by atoms with E-state index in [2.05, 4.69) is 17.2 Å². The number of carbonyl (C=O) groups is 1. The number of fused-ring (bicyclic) bond motifs is 1. The monoisotopic (exact) mass is 247 g/mol. The molecule has 2 saturated heterocycles. The van der Waals surface area contributed by atoms with Gasteiger partial charge in [0.1, 0.15) is 5.75 Å². The van der Waals surface area contributed by atoms with Gasteiger partial charge in [0.2, 0.25) is 0 Å². The fourth-order valence-electron chi connectivity index (χ4n) is 3.13. The molecule has 2 aliphatic rings. The number of amides is 1. The highest BCUT2D eigenvalue weighted by Crippen LogP contribution is 2.33. The molecule has 3 unspecified atom stereocenters. The van der Waals surface area contributed by atoms with Crippen LogP contribution in [0.2, 0.25) is 0 Å². The van der Waals surface area contributed by atoms with E-state index in [4.69, 9.17) is 0 Å². The molecule has 5 nitrogen and oxygen atoms in total. The van der Waals surface area contributed by atoms with Gasteiger partial charge in [-0.15, -0.1) is 0 Å². The Labute approximate surface area is 106 Å². The number of hydrogen-bond acceptors (Lipinski definition) is 4. The zero-order chi connectivity index (χ0) is 12.7. The molecule has 2 N–H and O–H groups in total. The lowest BCUT2D eigenvalue weighted by molar-refractivity contribution is 0.0719. The average Bonchev–Trinajstić information content (AvgIpc) is 2.93. The third-order valence-electron chi connectivity index (χ3n) is 4.18. The standard InChI is InChI=1S/C13H17N3O2/c1-8-10-6-14-5-9(10)7-16(8)13(18)12-11(17)3-2-4-15-12/h2-4,8-10,14,17H,5-7H2,1H3. The van der Waals surface area contributed by atoms with Gasteiger partial charge in [-0.1, -0.05) is 0 Å². The van der Waals surface area contributed by atoms with Gasteiger partial charge in [-0.3, -0.25) is 4.79 Å². The van der Waals surface area contributed by atoms with Crippen molar-refractivity contribution in [2.45, 2.75) is 13.0 Å². The molecule has 3 rings (SSSR count). The number of nitrogens with one attached hydrogen (secondary N) is 1. The third-order valence-corrected chi connectivity index (χ3v) is 4.18. The van der Waals surface area contributed by atoms with Crippen LogP contribution in [0.5, 0.6) is 5.75 Å². The number of carbonyl (C=O) groups excluding carboxylic acids is 1. The van der Waals surface area contributed by atoms with Crippen molar-refractivity contribution in [1.82, 2.24) is 15.2 Å². The van der Waals surface area contributed by atoms with E-state index in [-0.39, 0.29) is 23.4 Å². The number of nitrogens with zero attached hydrogens (tertiary/aromatic N) is 2. The lowest BCUT2D eigenvalue weighted by atomic mass is 9.95. The predicted molar refractivity (Wildman–Crippen MR) is 66.3 cm³/mol. The molecule has 2 aliphatic heterocycles. The third kappa shape index (κ3) is 1.66. The SMILES string of the molecule is CC1C2CNCC2CN1C(=O)c1ncccc1O. The van der Waals surface area contributed by atoms with Gasteiger partial charge >= 0.3 is 0 Å². The predicted octanol–water partition coefficient (Wildman–Crippen LogP) is 0.467. The Morgan fingerprint density at radius 1 is 1.56 bits per heavy atom. The minimum absolute atomic E-state index is 0.0371. The van der Waals surface area contributed by atoms with Crippen molar-refractivity contribution in [3.63, 3.8) is 0 Å². The first-order chi connectivity index (χ1) is 8.68. The summed E-state index contributed by atoms with van der Waals surface area (Å²) < 4.78 is 0. The second kappa shape index (κ2) is 4.24. The Balaban J connectivity index is 1.84. The van der Waals surface area contributed by atoms with Gasteiger partial charge in [-0.25, -0.2) is 4.98 Å². The van der Waals surface area contributed by atoms with Gasteiger partial charge in [0.15, 0.2) is 5.69 Å². The minimum Gasteiger partial charge on any atom is -0.505 e. The molecular weight excluding hydrogens is 230 g/mol. The molecule has 0 aromatic carbocycles. The molecule has 0 radical (unpaired) electrons. The topological polar surface area (TPSA) is 65.5 Å². The molecule has 0 spiro atoms. The van der Waals surface area contributed by atoms with Crippen LogP contribution in [0, 0.1) is 11.8 Å². The van der Waals surface area contributed by atoms with E-state index in [0.717, 1.165) is 19.6 Å². The summed E-state index contributed by atoms with van der Waals surface area (Å²) in [5.41, 5.74) is 0.164. The molecule has 2 fully saturated rings.